The lowest BCUT2D eigenvalue weighted by atomic mass is 9.99. The summed E-state index contributed by atoms with van der Waals surface area (Å²) in [5.41, 5.74) is 2.09. The monoisotopic (exact) mass is 341 g/mol. The number of rotatable bonds is 6. The van der Waals surface area contributed by atoms with E-state index >= 15 is 0 Å². The second kappa shape index (κ2) is 6.97. The fourth-order valence-corrected chi connectivity index (χ4v) is 3.56. The Balaban J connectivity index is 2.08. The highest BCUT2D eigenvalue weighted by Crippen LogP contribution is 2.36. The Morgan fingerprint density at radius 1 is 1.29 bits per heavy atom. The van der Waals surface area contributed by atoms with E-state index in [2.05, 4.69) is 15.3 Å². The molecule has 1 aromatic carbocycles. The summed E-state index contributed by atoms with van der Waals surface area (Å²) in [6.07, 6.45) is 2.25. The summed E-state index contributed by atoms with van der Waals surface area (Å²) < 4.78 is 0. The largest absolute Gasteiger partial charge is 0.480 e. The fourth-order valence-electron chi connectivity index (χ4n) is 2.65. The van der Waals surface area contributed by atoms with Crippen molar-refractivity contribution in [2.45, 2.75) is 26.3 Å². The zero-order valence-corrected chi connectivity index (χ0v) is 14.4. The first-order valence-electron chi connectivity index (χ1n) is 7.88. The molecule has 0 amide bonds. The molecule has 0 spiro atoms. The molecule has 0 radical (unpaired) electrons. The molecule has 2 N–H and O–H groups in total. The van der Waals surface area contributed by atoms with Crippen LogP contribution >= 0.6 is 11.3 Å². The number of carboxylic acids is 1. The highest BCUT2D eigenvalue weighted by atomic mass is 32.1. The third-order valence-corrected chi connectivity index (χ3v) is 5.11. The molecular formula is C18H19N3O2S. The smallest absolute Gasteiger partial charge is 0.326 e. The van der Waals surface area contributed by atoms with Gasteiger partial charge in [0.1, 0.15) is 23.0 Å². The van der Waals surface area contributed by atoms with Gasteiger partial charge in [-0.25, -0.2) is 14.8 Å². The number of carboxylic acid groups (broad SMARTS) is 1. The van der Waals surface area contributed by atoms with Gasteiger partial charge in [-0.3, -0.25) is 0 Å². The molecule has 3 rings (SSSR count). The molecule has 24 heavy (non-hydrogen) atoms. The number of nitrogens with zero attached hydrogens (tertiary/aromatic N) is 2. The molecule has 2 aromatic heterocycles. The second-order valence-electron chi connectivity index (χ2n) is 5.76. The Labute approximate surface area is 144 Å². The highest BCUT2D eigenvalue weighted by molar-refractivity contribution is 7.17. The van der Waals surface area contributed by atoms with Crippen LogP contribution in [0.3, 0.4) is 0 Å². The van der Waals surface area contributed by atoms with Crippen molar-refractivity contribution in [1.29, 1.82) is 0 Å². The molecule has 5 nitrogen and oxygen atoms in total. The average Bonchev–Trinajstić information content (AvgIpc) is 3.04. The fraction of sp³-hybridized carbons (Fsp3) is 0.278. The summed E-state index contributed by atoms with van der Waals surface area (Å²) in [5.74, 6) is -0.299. The van der Waals surface area contributed by atoms with Crippen LogP contribution < -0.4 is 5.32 Å². The Bertz CT molecular complexity index is 848. The maximum atomic E-state index is 11.6. The second-order valence-corrected chi connectivity index (χ2v) is 6.62. The first-order valence-corrected chi connectivity index (χ1v) is 8.76. The number of aliphatic carboxylic acids is 1. The third-order valence-electron chi connectivity index (χ3n) is 4.23. The van der Waals surface area contributed by atoms with Crippen molar-refractivity contribution in [3.63, 3.8) is 0 Å². The van der Waals surface area contributed by atoms with Gasteiger partial charge in [-0.05, 0) is 11.5 Å². The van der Waals surface area contributed by atoms with Crippen molar-refractivity contribution in [2.75, 3.05) is 5.32 Å². The quantitative estimate of drug-likeness (QED) is 0.700. The molecule has 2 heterocycles. The topological polar surface area (TPSA) is 75.1 Å². The maximum absolute atomic E-state index is 11.6. The van der Waals surface area contributed by atoms with Gasteiger partial charge in [-0.2, -0.15) is 0 Å². The average molecular weight is 341 g/mol. The van der Waals surface area contributed by atoms with Gasteiger partial charge in [-0.15, -0.1) is 11.3 Å². The van der Waals surface area contributed by atoms with E-state index < -0.39 is 12.0 Å². The summed E-state index contributed by atoms with van der Waals surface area (Å²) in [7, 11) is 0. The molecule has 0 unspecified atom stereocenters. The molecular weight excluding hydrogens is 322 g/mol. The Morgan fingerprint density at radius 3 is 2.71 bits per heavy atom. The summed E-state index contributed by atoms with van der Waals surface area (Å²) in [4.78, 5) is 21.1. The summed E-state index contributed by atoms with van der Waals surface area (Å²) >= 11 is 1.53. The number of hydrogen-bond donors (Lipinski definition) is 2. The number of hydrogen-bond acceptors (Lipinski definition) is 5. The van der Waals surface area contributed by atoms with E-state index in [1.807, 2.05) is 49.6 Å². The van der Waals surface area contributed by atoms with E-state index in [0.717, 1.165) is 27.8 Å². The van der Waals surface area contributed by atoms with E-state index in [1.165, 1.54) is 17.7 Å². The van der Waals surface area contributed by atoms with E-state index in [1.54, 1.807) is 0 Å². The number of carbonyl (C=O) groups is 1. The SMILES string of the molecule is CC[C@@H](C)[C@@H](Nc1ncnc2scc(-c3ccccc3)c12)C(=O)O. The van der Waals surface area contributed by atoms with Crippen molar-refractivity contribution in [1.82, 2.24) is 9.97 Å². The molecule has 0 aliphatic heterocycles. The lowest BCUT2D eigenvalue weighted by molar-refractivity contribution is -0.139. The molecule has 2 atom stereocenters. The summed E-state index contributed by atoms with van der Waals surface area (Å²) in [5, 5.41) is 15.6. The number of anilines is 1. The maximum Gasteiger partial charge on any atom is 0.326 e. The minimum Gasteiger partial charge on any atom is -0.480 e. The predicted molar refractivity (Wildman–Crippen MR) is 97.4 cm³/mol. The summed E-state index contributed by atoms with van der Waals surface area (Å²) in [6, 6.07) is 9.31. The lowest BCUT2D eigenvalue weighted by Crippen LogP contribution is -2.35. The van der Waals surface area contributed by atoms with E-state index in [9.17, 15) is 9.90 Å². The van der Waals surface area contributed by atoms with Gasteiger partial charge in [0.05, 0.1) is 5.39 Å². The minimum absolute atomic E-state index is 0.00803. The van der Waals surface area contributed by atoms with Crippen molar-refractivity contribution in [2.24, 2.45) is 5.92 Å². The van der Waals surface area contributed by atoms with Gasteiger partial charge >= 0.3 is 5.97 Å². The van der Waals surface area contributed by atoms with Gasteiger partial charge in [0, 0.05) is 10.9 Å². The number of fused-ring (bicyclic) bond motifs is 1. The van der Waals surface area contributed by atoms with Gasteiger partial charge < -0.3 is 10.4 Å². The lowest BCUT2D eigenvalue weighted by Gasteiger charge is -2.21. The van der Waals surface area contributed by atoms with Crippen LogP contribution in [0.1, 0.15) is 20.3 Å². The molecule has 0 aliphatic rings. The Kier molecular flexibility index (Phi) is 4.76. The number of nitrogens with one attached hydrogen (secondary N) is 1. The van der Waals surface area contributed by atoms with Gasteiger partial charge in [0.15, 0.2) is 0 Å². The predicted octanol–water partition coefficient (Wildman–Crippen LogP) is 4.27. The molecule has 0 fully saturated rings. The van der Waals surface area contributed by atoms with Crippen LogP contribution in [-0.2, 0) is 4.79 Å². The molecule has 0 aliphatic carbocycles. The molecule has 0 saturated heterocycles. The van der Waals surface area contributed by atoms with E-state index in [4.69, 9.17) is 0 Å². The first-order chi connectivity index (χ1) is 11.6. The Morgan fingerprint density at radius 2 is 2.04 bits per heavy atom. The van der Waals surface area contributed by atoms with Gasteiger partial charge in [0.2, 0.25) is 0 Å². The number of aromatic nitrogens is 2. The third kappa shape index (κ3) is 3.10. The normalized spacial score (nSPS) is 13.6. The van der Waals surface area contributed by atoms with Gasteiger partial charge in [-0.1, -0.05) is 50.6 Å². The van der Waals surface area contributed by atoms with Gasteiger partial charge in [0.25, 0.3) is 0 Å². The van der Waals surface area contributed by atoms with Crippen molar-refractivity contribution < 1.29 is 9.90 Å². The zero-order chi connectivity index (χ0) is 17.1. The van der Waals surface area contributed by atoms with Crippen molar-refractivity contribution in [3.05, 3.63) is 42.0 Å². The minimum atomic E-state index is -0.868. The molecule has 0 bridgehead atoms. The van der Waals surface area contributed by atoms with E-state index in [0.29, 0.717) is 5.82 Å². The van der Waals surface area contributed by atoms with Crippen molar-refractivity contribution >= 4 is 33.3 Å². The van der Waals surface area contributed by atoms with Crippen LogP contribution in [0.5, 0.6) is 0 Å². The van der Waals surface area contributed by atoms with Crippen LogP contribution in [0.25, 0.3) is 21.3 Å². The number of benzene rings is 1. The van der Waals surface area contributed by atoms with Crippen LogP contribution in [0.2, 0.25) is 0 Å². The molecule has 6 heteroatoms. The van der Waals surface area contributed by atoms with Crippen molar-refractivity contribution in [3.8, 4) is 11.1 Å². The highest BCUT2D eigenvalue weighted by Gasteiger charge is 2.25. The number of thiophene rings is 1. The van der Waals surface area contributed by atoms with Crippen LogP contribution in [-0.4, -0.2) is 27.1 Å². The molecule has 0 saturated carbocycles. The van der Waals surface area contributed by atoms with Crippen LogP contribution in [0.15, 0.2) is 42.0 Å². The molecule has 124 valence electrons. The first kappa shape index (κ1) is 16.4. The van der Waals surface area contributed by atoms with Crippen LogP contribution in [0.4, 0.5) is 5.82 Å². The Hall–Kier alpha value is -2.47. The standard InChI is InChI=1S/C18H19N3O2S/c1-3-11(2)15(18(22)23)21-16-14-13(12-7-5-4-6-8-12)9-24-17(14)20-10-19-16/h4-11,15H,3H2,1-2H3,(H,22,23)(H,19,20,21)/t11-,15-/m1/s1. The summed E-state index contributed by atoms with van der Waals surface area (Å²) in [6.45, 7) is 3.91. The van der Waals surface area contributed by atoms with Crippen LogP contribution in [0, 0.1) is 5.92 Å². The zero-order valence-electron chi connectivity index (χ0n) is 13.6. The van der Waals surface area contributed by atoms with E-state index in [-0.39, 0.29) is 5.92 Å². The molecule has 3 aromatic rings.